The summed E-state index contributed by atoms with van der Waals surface area (Å²) >= 11 is 0. The zero-order valence-electron chi connectivity index (χ0n) is 8.89. The summed E-state index contributed by atoms with van der Waals surface area (Å²) in [6.45, 7) is 5.81. The van der Waals surface area contributed by atoms with E-state index >= 15 is 0 Å². The van der Waals surface area contributed by atoms with Gasteiger partial charge in [-0.3, -0.25) is 0 Å². The van der Waals surface area contributed by atoms with Crippen molar-refractivity contribution in [1.82, 2.24) is 4.90 Å². The van der Waals surface area contributed by atoms with Crippen LogP contribution >= 0.6 is 0 Å². The molecule has 1 aliphatic heterocycles. The summed E-state index contributed by atoms with van der Waals surface area (Å²) in [5, 5.41) is 0. The summed E-state index contributed by atoms with van der Waals surface area (Å²) < 4.78 is 0. The molecule has 0 aromatic rings. The summed E-state index contributed by atoms with van der Waals surface area (Å²) in [5.41, 5.74) is 5.85. The molecule has 0 aromatic heterocycles. The molecule has 0 aromatic carbocycles. The molecule has 0 radical (unpaired) electrons. The molecule has 2 nitrogen and oxygen atoms in total. The van der Waals surface area contributed by atoms with E-state index in [1.807, 2.05) is 0 Å². The van der Waals surface area contributed by atoms with Gasteiger partial charge in [-0.2, -0.15) is 0 Å². The Morgan fingerprint density at radius 3 is 2.36 bits per heavy atom. The molecule has 2 N–H and O–H groups in total. The van der Waals surface area contributed by atoms with Gasteiger partial charge >= 0.3 is 0 Å². The van der Waals surface area contributed by atoms with Crippen LogP contribution in [0.4, 0.5) is 0 Å². The van der Waals surface area contributed by atoms with Gasteiger partial charge in [0, 0.05) is 25.7 Å². The molecule has 1 saturated heterocycles. The number of hydrogen-bond acceptors (Lipinski definition) is 2. The normalized spacial score (nSPS) is 47.3. The van der Waals surface area contributed by atoms with Crippen molar-refractivity contribution >= 4 is 0 Å². The Hall–Kier alpha value is -0.340. The second-order valence-corrected chi connectivity index (χ2v) is 5.47. The average Bonchev–Trinajstić information content (AvgIpc) is 2.69. The van der Waals surface area contributed by atoms with E-state index < -0.39 is 0 Å². The molecule has 14 heavy (non-hydrogen) atoms. The van der Waals surface area contributed by atoms with Gasteiger partial charge in [0.05, 0.1) is 0 Å². The highest BCUT2D eigenvalue weighted by Gasteiger charge is 2.48. The molecule has 2 heteroatoms. The second kappa shape index (κ2) is 3.07. The van der Waals surface area contributed by atoms with E-state index in [1.54, 1.807) is 0 Å². The second-order valence-electron chi connectivity index (χ2n) is 5.47. The molecule has 2 bridgehead atoms. The quantitative estimate of drug-likeness (QED) is 0.664. The number of nitrogens with two attached hydrogens (primary N) is 1. The van der Waals surface area contributed by atoms with Crippen molar-refractivity contribution in [3.05, 3.63) is 12.2 Å². The highest BCUT2D eigenvalue weighted by atomic mass is 15.2. The first-order chi connectivity index (χ1) is 6.74. The van der Waals surface area contributed by atoms with E-state index in [4.69, 9.17) is 5.73 Å². The van der Waals surface area contributed by atoms with Gasteiger partial charge in [0.15, 0.2) is 0 Å². The fraction of sp³-hybridized carbons (Fsp3) is 0.833. The summed E-state index contributed by atoms with van der Waals surface area (Å²) in [4.78, 5) is 2.58. The topological polar surface area (TPSA) is 29.3 Å². The minimum Gasteiger partial charge on any atom is -0.327 e. The molecule has 1 heterocycles. The lowest BCUT2D eigenvalue weighted by atomic mass is 9.86. The van der Waals surface area contributed by atoms with Crippen molar-refractivity contribution in [3.63, 3.8) is 0 Å². The Labute approximate surface area is 86.1 Å². The Morgan fingerprint density at radius 2 is 1.86 bits per heavy atom. The first kappa shape index (κ1) is 8.93. The Balaban J connectivity index is 1.67. The molecular formula is C12H20N2. The van der Waals surface area contributed by atoms with Crippen LogP contribution in [0.1, 0.15) is 13.3 Å². The number of allylic oxidation sites excluding steroid dienone is 2. The molecule has 78 valence electrons. The number of fused-ring (bicyclic) bond motifs is 5. The van der Waals surface area contributed by atoms with Crippen molar-refractivity contribution in [2.45, 2.75) is 19.4 Å². The van der Waals surface area contributed by atoms with Crippen LogP contribution < -0.4 is 5.73 Å². The maximum Gasteiger partial charge on any atom is 0.0139 e. The number of rotatable bonds is 2. The van der Waals surface area contributed by atoms with Crippen LogP contribution in [0.3, 0.4) is 0 Å². The van der Waals surface area contributed by atoms with Gasteiger partial charge in [-0.15, -0.1) is 0 Å². The molecule has 0 amide bonds. The SMILES string of the molecule is CC(N)CN1C[C@@H]2C3C=CC(C3)[C@@H]2C1. The lowest BCUT2D eigenvalue weighted by Gasteiger charge is -2.19. The van der Waals surface area contributed by atoms with Gasteiger partial charge in [0.25, 0.3) is 0 Å². The molecule has 3 rings (SSSR count). The van der Waals surface area contributed by atoms with Crippen LogP contribution in [0, 0.1) is 23.7 Å². The molecule has 1 saturated carbocycles. The van der Waals surface area contributed by atoms with Gasteiger partial charge < -0.3 is 10.6 Å². The third-order valence-electron chi connectivity index (χ3n) is 4.28. The minimum atomic E-state index is 0.333. The predicted molar refractivity (Wildman–Crippen MR) is 57.8 cm³/mol. The number of hydrogen-bond donors (Lipinski definition) is 1. The molecule has 5 atom stereocenters. The van der Waals surface area contributed by atoms with Crippen molar-refractivity contribution in [2.24, 2.45) is 29.4 Å². The van der Waals surface area contributed by atoms with Crippen molar-refractivity contribution in [2.75, 3.05) is 19.6 Å². The van der Waals surface area contributed by atoms with E-state index in [2.05, 4.69) is 24.0 Å². The van der Waals surface area contributed by atoms with Crippen LogP contribution in [-0.2, 0) is 0 Å². The lowest BCUT2D eigenvalue weighted by molar-refractivity contribution is 0.285. The van der Waals surface area contributed by atoms with Crippen LogP contribution in [0.2, 0.25) is 0 Å². The molecule has 0 spiro atoms. The number of nitrogens with zero attached hydrogens (tertiary/aromatic N) is 1. The molecule has 2 fully saturated rings. The van der Waals surface area contributed by atoms with E-state index in [1.165, 1.54) is 19.5 Å². The maximum atomic E-state index is 5.85. The fourth-order valence-corrected chi connectivity index (χ4v) is 3.80. The molecular weight excluding hydrogens is 172 g/mol. The van der Waals surface area contributed by atoms with E-state index in [0.29, 0.717) is 6.04 Å². The summed E-state index contributed by atoms with van der Waals surface area (Å²) in [5.74, 6) is 3.73. The van der Waals surface area contributed by atoms with Crippen LogP contribution in [0.25, 0.3) is 0 Å². The largest absolute Gasteiger partial charge is 0.327 e. The summed E-state index contributed by atoms with van der Waals surface area (Å²) in [6, 6.07) is 0.333. The first-order valence-corrected chi connectivity index (χ1v) is 5.90. The Morgan fingerprint density at radius 1 is 1.29 bits per heavy atom. The maximum absolute atomic E-state index is 5.85. The van der Waals surface area contributed by atoms with Crippen LogP contribution in [-0.4, -0.2) is 30.6 Å². The zero-order valence-corrected chi connectivity index (χ0v) is 8.89. The van der Waals surface area contributed by atoms with Gasteiger partial charge in [-0.05, 0) is 37.0 Å². The van der Waals surface area contributed by atoms with Gasteiger partial charge in [-0.1, -0.05) is 12.2 Å². The molecule has 3 aliphatic rings. The summed E-state index contributed by atoms with van der Waals surface area (Å²) in [6.07, 6.45) is 6.36. The highest BCUT2D eigenvalue weighted by Crippen LogP contribution is 2.51. The van der Waals surface area contributed by atoms with Gasteiger partial charge in [0.2, 0.25) is 0 Å². The summed E-state index contributed by atoms with van der Waals surface area (Å²) in [7, 11) is 0. The van der Waals surface area contributed by atoms with Crippen LogP contribution in [0.15, 0.2) is 12.2 Å². The Bertz CT molecular complexity index is 239. The smallest absolute Gasteiger partial charge is 0.0139 e. The van der Waals surface area contributed by atoms with E-state index in [9.17, 15) is 0 Å². The third-order valence-corrected chi connectivity index (χ3v) is 4.28. The highest BCUT2D eigenvalue weighted by molar-refractivity contribution is 5.16. The predicted octanol–water partition coefficient (Wildman–Crippen LogP) is 1.09. The number of likely N-dealkylation sites (tertiary alicyclic amines) is 1. The lowest BCUT2D eigenvalue weighted by Crippen LogP contribution is -2.35. The average molecular weight is 192 g/mol. The first-order valence-electron chi connectivity index (χ1n) is 5.90. The van der Waals surface area contributed by atoms with Crippen LogP contribution in [0.5, 0.6) is 0 Å². The van der Waals surface area contributed by atoms with Crippen molar-refractivity contribution in [1.29, 1.82) is 0 Å². The van der Waals surface area contributed by atoms with Crippen molar-refractivity contribution < 1.29 is 0 Å². The minimum absolute atomic E-state index is 0.333. The third kappa shape index (κ3) is 1.24. The fourth-order valence-electron chi connectivity index (χ4n) is 3.80. The van der Waals surface area contributed by atoms with Gasteiger partial charge in [-0.25, -0.2) is 0 Å². The van der Waals surface area contributed by atoms with Crippen molar-refractivity contribution in [3.8, 4) is 0 Å². The standard InChI is InChI=1S/C12H20N2/c1-8(13)5-14-6-11-9-2-3-10(4-9)12(11)7-14/h2-3,8-12H,4-7,13H2,1H3/t8?,9?,10?,11-,12+. The zero-order chi connectivity index (χ0) is 9.71. The monoisotopic (exact) mass is 192 g/mol. The van der Waals surface area contributed by atoms with E-state index in [0.717, 1.165) is 30.2 Å². The molecule has 3 unspecified atom stereocenters. The van der Waals surface area contributed by atoms with Gasteiger partial charge in [0.1, 0.15) is 0 Å². The molecule has 2 aliphatic carbocycles. The van der Waals surface area contributed by atoms with E-state index in [-0.39, 0.29) is 0 Å². The Kier molecular flexibility index (Phi) is 1.96.